The van der Waals surface area contributed by atoms with Crippen LogP contribution in [0.4, 0.5) is 0 Å². The second kappa shape index (κ2) is 14.1. The molecule has 13 nitrogen and oxygen atoms in total. The third-order valence-corrected chi connectivity index (χ3v) is 5.87. The number of nitrogens with two attached hydrogens (primary N) is 1. The number of carbonyl (C=O) groups excluding carboxylic acids is 3. The zero-order valence-electron chi connectivity index (χ0n) is 21.3. The first-order valence-corrected chi connectivity index (χ1v) is 12.2. The van der Waals surface area contributed by atoms with Crippen molar-refractivity contribution in [3.63, 3.8) is 0 Å². The number of hydrogen-bond acceptors (Lipinski definition) is 7. The van der Waals surface area contributed by atoms with Crippen molar-refractivity contribution in [2.24, 2.45) is 11.7 Å². The number of aliphatic hydroxyl groups excluding tert-OH is 1. The fourth-order valence-corrected chi connectivity index (χ4v) is 3.87. The molecule has 1 aromatic carbocycles. The van der Waals surface area contributed by atoms with E-state index in [-0.39, 0.29) is 25.2 Å². The summed E-state index contributed by atoms with van der Waals surface area (Å²) < 4.78 is 0. The van der Waals surface area contributed by atoms with Crippen LogP contribution in [0.1, 0.15) is 38.7 Å². The number of hydrogen-bond donors (Lipinski definition) is 8. The molecule has 0 aliphatic heterocycles. The molecule has 0 fully saturated rings. The highest BCUT2D eigenvalue weighted by atomic mass is 16.4. The second-order valence-electron chi connectivity index (χ2n) is 9.44. The highest BCUT2D eigenvalue weighted by molar-refractivity contribution is 5.95. The average molecular weight is 534 g/mol. The van der Waals surface area contributed by atoms with Gasteiger partial charge in [0.1, 0.15) is 24.2 Å². The molecule has 2 aromatic rings. The number of aliphatic hydroxyl groups is 1. The molecular weight excluding hydrogens is 498 g/mol. The molecule has 13 heteroatoms. The largest absolute Gasteiger partial charge is 0.481 e. The average Bonchev–Trinajstić information content (AvgIpc) is 3.27. The Kier molecular flexibility index (Phi) is 11.2. The molecule has 1 heterocycles. The van der Waals surface area contributed by atoms with E-state index in [4.69, 9.17) is 15.9 Å². The maximum Gasteiger partial charge on any atom is 0.326 e. The number of carboxylic acids is 2. The number of benzene rings is 1. The topological polar surface area (TPSA) is 224 Å². The lowest BCUT2D eigenvalue weighted by Crippen LogP contribution is -2.58. The summed E-state index contributed by atoms with van der Waals surface area (Å²) in [5.41, 5.74) is 6.97. The van der Waals surface area contributed by atoms with Gasteiger partial charge in [0.05, 0.1) is 6.61 Å². The van der Waals surface area contributed by atoms with E-state index in [0.717, 1.165) is 10.9 Å². The molecule has 9 N–H and O–H groups in total. The van der Waals surface area contributed by atoms with Crippen LogP contribution in [0, 0.1) is 5.92 Å². The maximum absolute atomic E-state index is 13.3. The Balaban J connectivity index is 2.34. The number of aromatic amines is 1. The zero-order valence-corrected chi connectivity index (χ0v) is 21.3. The van der Waals surface area contributed by atoms with Crippen molar-refractivity contribution in [2.75, 3.05) is 6.61 Å². The molecule has 0 saturated heterocycles. The highest BCUT2D eigenvalue weighted by Gasteiger charge is 2.31. The number of nitrogens with one attached hydrogen (secondary N) is 4. The van der Waals surface area contributed by atoms with Gasteiger partial charge < -0.3 is 42.0 Å². The smallest absolute Gasteiger partial charge is 0.326 e. The molecule has 3 amide bonds. The minimum atomic E-state index is -1.37. The lowest BCUT2D eigenvalue weighted by Gasteiger charge is -2.25. The minimum Gasteiger partial charge on any atom is -0.481 e. The number of aromatic nitrogens is 1. The number of carboxylic acid groups (broad SMARTS) is 2. The number of rotatable bonds is 15. The van der Waals surface area contributed by atoms with Gasteiger partial charge in [0.2, 0.25) is 17.7 Å². The van der Waals surface area contributed by atoms with Gasteiger partial charge in [-0.2, -0.15) is 0 Å². The summed E-state index contributed by atoms with van der Waals surface area (Å²) in [5.74, 6) is -4.97. The summed E-state index contributed by atoms with van der Waals surface area (Å²) in [7, 11) is 0. The molecular formula is C25H35N5O8. The van der Waals surface area contributed by atoms with Gasteiger partial charge in [-0.3, -0.25) is 19.2 Å². The molecule has 4 atom stereocenters. The first-order chi connectivity index (χ1) is 17.9. The normalized spacial score (nSPS) is 14.3. The maximum atomic E-state index is 13.3. The fraction of sp³-hybridized carbons (Fsp3) is 0.480. The standard InChI is InChI=1S/C25H35N5O8/c1-13(2)9-20(25(37)38)30-24(36)19(10-14-11-27-17-6-4-3-5-15(14)17)29-23(35)18(7-8-21(32)33)28-22(34)16(26)12-31/h3-6,11,13,16,18-20,27,31H,7-10,12,26H2,1-2H3,(H,28,34)(H,29,35)(H,30,36)(H,32,33)(H,37,38). The Labute approximate surface area is 219 Å². The Morgan fingerprint density at radius 2 is 1.53 bits per heavy atom. The summed E-state index contributed by atoms with van der Waals surface area (Å²) in [5, 5.41) is 35.9. The van der Waals surface area contributed by atoms with Gasteiger partial charge in [-0.1, -0.05) is 32.0 Å². The number of fused-ring (bicyclic) bond motifs is 1. The van der Waals surface area contributed by atoms with Crippen molar-refractivity contribution in [1.29, 1.82) is 0 Å². The summed E-state index contributed by atoms with van der Waals surface area (Å²) in [6.07, 6.45) is 1.03. The van der Waals surface area contributed by atoms with Crippen LogP contribution in [0.5, 0.6) is 0 Å². The minimum absolute atomic E-state index is 0.0225. The second-order valence-corrected chi connectivity index (χ2v) is 9.44. The van der Waals surface area contributed by atoms with E-state index in [2.05, 4.69) is 20.9 Å². The van der Waals surface area contributed by atoms with Crippen molar-refractivity contribution < 1.29 is 39.3 Å². The van der Waals surface area contributed by atoms with Crippen LogP contribution < -0.4 is 21.7 Å². The van der Waals surface area contributed by atoms with Gasteiger partial charge in [-0.25, -0.2) is 4.79 Å². The first-order valence-electron chi connectivity index (χ1n) is 12.2. The molecule has 1 aromatic heterocycles. The van der Waals surface area contributed by atoms with Gasteiger partial charge in [-0.15, -0.1) is 0 Å². The zero-order chi connectivity index (χ0) is 28.4. The Morgan fingerprint density at radius 3 is 2.13 bits per heavy atom. The monoisotopic (exact) mass is 533 g/mol. The third-order valence-electron chi connectivity index (χ3n) is 5.87. The molecule has 0 bridgehead atoms. The first kappa shape index (κ1) is 30.3. The lowest BCUT2D eigenvalue weighted by atomic mass is 10.0. The van der Waals surface area contributed by atoms with Crippen LogP contribution >= 0.6 is 0 Å². The predicted octanol–water partition coefficient (Wildman–Crippen LogP) is -0.520. The van der Waals surface area contributed by atoms with Gasteiger partial charge in [-0.05, 0) is 30.4 Å². The lowest BCUT2D eigenvalue weighted by molar-refractivity contribution is -0.142. The molecule has 0 aliphatic carbocycles. The van der Waals surface area contributed by atoms with E-state index in [0.29, 0.717) is 5.56 Å². The van der Waals surface area contributed by atoms with Gasteiger partial charge >= 0.3 is 11.9 Å². The number of carbonyl (C=O) groups is 5. The van der Waals surface area contributed by atoms with E-state index in [9.17, 15) is 29.1 Å². The molecule has 0 radical (unpaired) electrons. The molecule has 0 aliphatic rings. The van der Waals surface area contributed by atoms with Crippen LogP contribution in [-0.4, -0.2) is 80.7 Å². The molecule has 0 spiro atoms. The summed E-state index contributed by atoms with van der Waals surface area (Å²) in [6.45, 7) is 2.91. The van der Waals surface area contributed by atoms with E-state index in [1.54, 1.807) is 26.1 Å². The van der Waals surface area contributed by atoms with Crippen LogP contribution in [0.15, 0.2) is 30.5 Å². The van der Waals surface area contributed by atoms with E-state index in [1.165, 1.54) is 0 Å². The van der Waals surface area contributed by atoms with E-state index in [1.807, 2.05) is 18.2 Å². The fourth-order valence-electron chi connectivity index (χ4n) is 3.87. The van der Waals surface area contributed by atoms with E-state index < -0.39 is 66.9 Å². The Hall–Kier alpha value is -3.97. The molecule has 38 heavy (non-hydrogen) atoms. The van der Waals surface area contributed by atoms with Crippen LogP contribution in [0.25, 0.3) is 10.9 Å². The third kappa shape index (κ3) is 8.85. The van der Waals surface area contributed by atoms with Crippen molar-refractivity contribution in [1.82, 2.24) is 20.9 Å². The highest BCUT2D eigenvalue weighted by Crippen LogP contribution is 2.19. The molecule has 208 valence electrons. The van der Waals surface area contributed by atoms with Gasteiger partial charge in [0.25, 0.3) is 0 Å². The van der Waals surface area contributed by atoms with E-state index >= 15 is 0 Å². The summed E-state index contributed by atoms with van der Waals surface area (Å²) in [4.78, 5) is 64.6. The predicted molar refractivity (Wildman–Crippen MR) is 137 cm³/mol. The van der Waals surface area contributed by atoms with Crippen molar-refractivity contribution >= 4 is 40.6 Å². The number of aliphatic carboxylic acids is 2. The molecule has 4 unspecified atom stereocenters. The van der Waals surface area contributed by atoms with Gasteiger partial charge in [0, 0.05) is 29.9 Å². The number of H-pyrrole nitrogens is 1. The summed E-state index contributed by atoms with van der Waals surface area (Å²) in [6, 6.07) is 2.11. The quantitative estimate of drug-likeness (QED) is 0.147. The van der Waals surface area contributed by atoms with Crippen molar-refractivity contribution in [2.45, 2.75) is 63.7 Å². The summed E-state index contributed by atoms with van der Waals surface area (Å²) >= 11 is 0. The SMILES string of the molecule is CC(C)CC(NC(=O)C(Cc1c[nH]c2ccccc12)NC(=O)C(CCC(=O)O)NC(=O)C(N)CO)C(=O)O. The number of para-hydroxylation sites is 1. The van der Waals surface area contributed by atoms with Crippen LogP contribution in [-0.2, 0) is 30.4 Å². The van der Waals surface area contributed by atoms with Crippen molar-refractivity contribution in [3.05, 3.63) is 36.0 Å². The number of amides is 3. The van der Waals surface area contributed by atoms with Gasteiger partial charge in [0.15, 0.2) is 0 Å². The molecule has 2 rings (SSSR count). The van der Waals surface area contributed by atoms with Crippen molar-refractivity contribution in [3.8, 4) is 0 Å². The Bertz CT molecular complexity index is 1150. The Morgan fingerprint density at radius 1 is 0.921 bits per heavy atom. The van der Waals surface area contributed by atoms with Crippen LogP contribution in [0.2, 0.25) is 0 Å². The van der Waals surface area contributed by atoms with Crippen LogP contribution in [0.3, 0.4) is 0 Å². The molecule has 0 saturated carbocycles.